The Morgan fingerprint density at radius 3 is 2.65 bits per heavy atom. The van der Waals surface area contributed by atoms with Crippen LogP contribution in [0.4, 0.5) is 0 Å². The molecule has 0 spiro atoms. The third-order valence-electron chi connectivity index (χ3n) is 2.92. The molecule has 0 saturated heterocycles. The fraction of sp³-hybridized carbons (Fsp3) is 0.333. The molecule has 5 nitrogen and oxygen atoms in total. The van der Waals surface area contributed by atoms with Crippen molar-refractivity contribution in [2.45, 2.75) is 27.0 Å². The Morgan fingerprint density at radius 2 is 2.00 bits per heavy atom. The van der Waals surface area contributed by atoms with E-state index in [1.54, 1.807) is 25.3 Å². The zero-order valence-corrected chi connectivity index (χ0v) is 11.9. The van der Waals surface area contributed by atoms with Gasteiger partial charge in [-0.2, -0.15) is 10.4 Å². The zero-order valence-electron chi connectivity index (χ0n) is 11.9. The van der Waals surface area contributed by atoms with Gasteiger partial charge in [-0.1, -0.05) is 0 Å². The molecule has 0 saturated carbocycles. The highest BCUT2D eigenvalue weighted by Crippen LogP contribution is 2.23. The van der Waals surface area contributed by atoms with Gasteiger partial charge in [0.05, 0.1) is 30.1 Å². The molecule has 0 atom stereocenters. The maximum atomic E-state index is 8.98. The summed E-state index contributed by atoms with van der Waals surface area (Å²) in [5.74, 6) is 1.22. The maximum Gasteiger partial charge on any atom is 0.130 e. The zero-order chi connectivity index (χ0) is 14.5. The van der Waals surface area contributed by atoms with Crippen molar-refractivity contribution in [2.75, 3.05) is 7.11 Å². The van der Waals surface area contributed by atoms with Crippen LogP contribution in [0.15, 0.2) is 24.3 Å². The van der Waals surface area contributed by atoms with Gasteiger partial charge in [-0.3, -0.25) is 4.68 Å². The molecule has 0 aliphatic carbocycles. The fourth-order valence-electron chi connectivity index (χ4n) is 1.98. The van der Waals surface area contributed by atoms with Gasteiger partial charge in [-0.05, 0) is 32.0 Å². The molecule has 2 rings (SSSR count). The minimum Gasteiger partial charge on any atom is -0.497 e. The van der Waals surface area contributed by atoms with E-state index >= 15 is 0 Å². The van der Waals surface area contributed by atoms with Crippen LogP contribution in [-0.2, 0) is 13.2 Å². The van der Waals surface area contributed by atoms with Crippen molar-refractivity contribution in [1.29, 1.82) is 5.26 Å². The second-order valence-electron chi connectivity index (χ2n) is 4.39. The maximum absolute atomic E-state index is 8.98. The van der Waals surface area contributed by atoms with Crippen molar-refractivity contribution in [3.05, 3.63) is 41.2 Å². The van der Waals surface area contributed by atoms with Crippen LogP contribution >= 0.6 is 0 Å². The van der Waals surface area contributed by atoms with E-state index < -0.39 is 0 Å². The second-order valence-corrected chi connectivity index (χ2v) is 4.39. The van der Waals surface area contributed by atoms with Crippen molar-refractivity contribution < 1.29 is 9.47 Å². The molecule has 0 fully saturated rings. The number of nitrogens with zero attached hydrogens (tertiary/aromatic N) is 3. The summed E-state index contributed by atoms with van der Waals surface area (Å²) in [5.41, 5.74) is 2.49. The molecule has 0 aliphatic heterocycles. The Morgan fingerprint density at radius 1 is 1.25 bits per heavy atom. The van der Waals surface area contributed by atoms with E-state index in [0.29, 0.717) is 23.7 Å². The fourth-order valence-corrected chi connectivity index (χ4v) is 1.98. The lowest BCUT2D eigenvalue weighted by molar-refractivity contribution is 0.290. The number of ether oxygens (including phenoxy) is 2. The van der Waals surface area contributed by atoms with Crippen LogP contribution in [0.2, 0.25) is 0 Å². The van der Waals surface area contributed by atoms with Crippen molar-refractivity contribution in [3.8, 4) is 17.6 Å². The van der Waals surface area contributed by atoms with Gasteiger partial charge in [0.2, 0.25) is 0 Å². The van der Waals surface area contributed by atoms with E-state index in [1.165, 1.54) is 0 Å². The van der Waals surface area contributed by atoms with E-state index in [4.69, 9.17) is 14.7 Å². The average molecular weight is 271 g/mol. The molecule has 1 aromatic carbocycles. The monoisotopic (exact) mass is 271 g/mol. The van der Waals surface area contributed by atoms with Crippen molar-refractivity contribution in [1.82, 2.24) is 9.78 Å². The molecule has 1 aromatic heterocycles. The first kappa shape index (κ1) is 13.9. The molecule has 0 unspecified atom stereocenters. The SMILES string of the molecule is CCn1nc(C)cc1COc1cc(C#N)cc(OC)c1. The van der Waals surface area contributed by atoms with Crippen LogP contribution in [-0.4, -0.2) is 16.9 Å². The Bertz CT molecular complexity index is 641. The van der Waals surface area contributed by atoms with Crippen LogP contribution in [0.5, 0.6) is 11.5 Å². The first-order chi connectivity index (χ1) is 9.66. The van der Waals surface area contributed by atoms with Crippen molar-refractivity contribution in [3.63, 3.8) is 0 Å². The first-order valence-corrected chi connectivity index (χ1v) is 6.41. The third-order valence-corrected chi connectivity index (χ3v) is 2.92. The van der Waals surface area contributed by atoms with Gasteiger partial charge in [-0.25, -0.2) is 0 Å². The largest absolute Gasteiger partial charge is 0.497 e. The molecule has 0 amide bonds. The van der Waals surface area contributed by atoms with Gasteiger partial charge in [-0.15, -0.1) is 0 Å². The summed E-state index contributed by atoms with van der Waals surface area (Å²) in [6, 6.07) is 9.22. The molecule has 0 N–H and O–H groups in total. The van der Waals surface area contributed by atoms with Gasteiger partial charge in [0, 0.05) is 12.6 Å². The topological polar surface area (TPSA) is 60.1 Å². The Balaban J connectivity index is 2.16. The smallest absolute Gasteiger partial charge is 0.130 e. The number of aryl methyl sites for hydroxylation is 2. The summed E-state index contributed by atoms with van der Waals surface area (Å²) in [4.78, 5) is 0. The minimum atomic E-state index is 0.409. The summed E-state index contributed by atoms with van der Waals surface area (Å²) < 4.78 is 12.8. The van der Waals surface area contributed by atoms with E-state index in [1.807, 2.05) is 24.6 Å². The first-order valence-electron chi connectivity index (χ1n) is 6.41. The van der Waals surface area contributed by atoms with Crippen LogP contribution in [0.3, 0.4) is 0 Å². The van der Waals surface area contributed by atoms with Gasteiger partial charge in [0.1, 0.15) is 18.1 Å². The second kappa shape index (κ2) is 6.11. The van der Waals surface area contributed by atoms with Crippen LogP contribution in [0.25, 0.3) is 0 Å². The molecular formula is C15H17N3O2. The number of nitriles is 1. The summed E-state index contributed by atoms with van der Waals surface area (Å²) in [6.45, 7) is 5.20. The van der Waals surface area contributed by atoms with E-state index in [9.17, 15) is 0 Å². The number of benzene rings is 1. The average Bonchev–Trinajstić information content (AvgIpc) is 2.84. The van der Waals surface area contributed by atoms with Crippen LogP contribution in [0.1, 0.15) is 23.9 Å². The summed E-state index contributed by atoms with van der Waals surface area (Å²) in [6.07, 6.45) is 0. The lowest BCUT2D eigenvalue weighted by Gasteiger charge is -2.09. The number of hydrogen-bond acceptors (Lipinski definition) is 4. The van der Waals surface area contributed by atoms with Gasteiger partial charge >= 0.3 is 0 Å². The molecule has 2 aromatic rings. The molecule has 0 radical (unpaired) electrons. The van der Waals surface area contributed by atoms with E-state index in [0.717, 1.165) is 17.9 Å². The molecule has 104 valence electrons. The van der Waals surface area contributed by atoms with Crippen molar-refractivity contribution in [2.24, 2.45) is 0 Å². The van der Waals surface area contributed by atoms with E-state index in [-0.39, 0.29) is 0 Å². The molecule has 5 heteroatoms. The number of rotatable bonds is 5. The highest BCUT2D eigenvalue weighted by atomic mass is 16.5. The lowest BCUT2D eigenvalue weighted by atomic mass is 10.2. The Kier molecular flexibility index (Phi) is 4.26. The van der Waals surface area contributed by atoms with Crippen LogP contribution in [0, 0.1) is 18.3 Å². The third kappa shape index (κ3) is 3.09. The molecule has 0 aliphatic rings. The van der Waals surface area contributed by atoms with Gasteiger partial charge in [0.25, 0.3) is 0 Å². The molecule has 0 bridgehead atoms. The van der Waals surface area contributed by atoms with Crippen LogP contribution < -0.4 is 9.47 Å². The standard InChI is InChI=1S/C15H17N3O2/c1-4-18-13(5-11(2)17-18)10-20-15-7-12(9-16)6-14(8-15)19-3/h5-8H,4,10H2,1-3H3. The van der Waals surface area contributed by atoms with Crippen molar-refractivity contribution >= 4 is 0 Å². The normalized spacial score (nSPS) is 10.1. The highest BCUT2D eigenvalue weighted by Gasteiger charge is 2.07. The summed E-state index contributed by atoms with van der Waals surface area (Å²) >= 11 is 0. The number of methoxy groups -OCH3 is 1. The Labute approximate surface area is 118 Å². The minimum absolute atomic E-state index is 0.409. The molecule has 1 heterocycles. The molecular weight excluding hydrogens is 254 g/mol. The molecule has 20 heavy (non-hydrogen) atoms. The van der Waals surface area contributed by atoms with E-state index in [2.05, 4.69) is 11.2 Å². The summed E-state index contributed by atoms with van der Waals surface area (Å²) in [5, 5.41) is 13.3. The van der Waals surface area contributed by atoms with Gasteiger partial charge in [0.15, 0.2) is 0 Å². The predicted octanol–water partition coefficient (Wildman–Crippen LogP) is 2.67. The summed E-state index contributed by atoms with van der Waals surface area (Å²) in [7, 11) is 1.57. The Hall–Kier alpha value is -2.48. The lowest BCUT2D eigenvalue weighted by Crippen LogP contribution is -2.06. The quantitative estimate of drug-likeness (QED) is 0.838. The van der Waals surface area contributed by atoms with Gasteiger partial charge < -0.3 is 9.47 Å². The highest BCUT2D eigenvalue weighted by molar-refractivity contribution is 5.43. The number of aromatic nitrogens is 2. The predicted molar refractivity (Wildman–Crippen MR) is 74.7 cm³/mol. The number of hydrogen-bond donors (Lipinski definition) is 0.